The van der Waals surface area contributed by atoms with Gasteiger partial charge in [-0.15, -0.1) is 0 Å². The molecule has 1 unspecified atom stereocenters. The predicted molar refractivity (Wildman–Crippen MR) is 48.3 cm³/mol. The van der Waals surface area contributed by atoms with Crippen LogP contribution in [0.4, 0.5) is 0 Å². The summed E-state index contributed by atoms with van der Waals surface area (Å²) in [4.78, 5) is 13.2. The Morgan fingerprint density at radius 1 is 1.62 bits per heavy atom. The minimum Gasteiger partial charge on any atom is -0.394 e. The normalized spacial score (nSPS) is 20.5. The van der Waals surface area contributed by atoms with E-state index in [1.54, 1.807) is 12.0 Å². The molecule has 0 aromatic rings. The number of aliphatic hydroxyl groups excluding tert-OH is 1. The summed E-state index contributed by atoms with van der Waals surface area (Å²) in [6.07, 6.45) is 2.62. The van der Waals surface area contributed by atoms with E-state index in [2.05, 4.69) is 0 Å². The molecule has 0 aromatic heterocycles. The third-order valence-corrected chi connectivity index (χ3v) is 2.37. The first-order valence-electron chi connectivity index (χ1n) is 4.69. The van der Waals surface area contributed by atoms with Crippen molar-refractivity contribution in [2.75, 3.05) is 26.9 Å². The van der Waals surface area contributed by atoms with Crippen LogP contribution in [0.1, 0.15) is 19.3 Å². The number of methoxy groups -OCH3 is 1. The van der Waals surface area contributed by atoms with Crippen molar-refractivity contribution in [1.29, 1.82) is 0 Å². The summed E-state index contributed by atoms with van der Waals surface area (Å²) >= 11 is 0. The molecule has 1 rings (SSSR count). The molecule has 0 saturated carbocycles. The standard InChI is InChI=1S/C9H17NO3/c1-13-7-8(6-11)10-5-3-2-4-9(10)12/h8,11H,2-7H2,1H3. The van der Waals surface area contributed by atoms with Crippen LogP contribution >= 0.6 is 0 Å². The summed E-state index contributed by atoms with van der Waals surface area (Å²) in [7, 11) is 1.58. The Balaban J connectivity index is 2.49. The summed E-state index contributed by atoms with van der Waals surface area (Å²) in [5.41, 5.74) is 0. The summed E-state index contributed by atoms with van der Waals surface area (Å²) in [6.45, 7) is 1.16. The number of ether oxygens (including phenoxy) is 1. The molecule has 1 N–H and O–H groups in total. The van der Waals surface area contributed by atoms with Crippen LogP contribution in [0.2, 0.25) is 0 Å². The highest BCUT2D eigenvalue weighted by atomic mass is 16.5. The summed E-state index contributed by atoms with van der Waals surface area (Å²) < 4.78 is 4.94. The molecule has 1 amide bonds. The van der Waals surface area contributed by atoms with Crippen LogP contribution in [0, 0.1) is 0 Å². The molecule has 0 spiro atoms. The van der Waals surface area contributed by atoms with Crippen molar-refractivity contribution in [3.8, 4) is 0 Å². The molecule has 1 aliphatic rings. The fourth-order valence-corrected chi connectivity index (χ4v) is 1.65. The fourth-order valence-electron chi connectivity index (χ4n) is 1.65. The van der Waals surface area contributed by atoms with Crippen molar-refractivity contribution in [3.05, 3.63) is 0 Å². The van der Waals surface area contributed by atoms with E-state index in [1.165, 1.54) is 0 Å². The molecule has 1 fully saturated rings. The predicted octanol–water partition coefficient (Wildman–Crippen LogP) is 0.00620. The van der Waals surface area contributed by atoms with Crippen LogP contribution in [0.3, 0.4) is 0 Å². The molecular formula is C9H17NO3. The van der Waals surface area contributed by atoms with Gasteiger partial charge in [0.1, 0.15) is 0 Å². The van der Waals surface area contributed by atoms with Crippen LogP contribution < -0.4 is 0 Å². The van der Waals surface area contributed by atoms with E-state index in [9.17, 15) is 4.79 Å². The van der Waals surface area contributed by atoms with Gasteiger partial charge in [0.25, 0.3) is 0 Å². The zero-order chi connectivity index (χ0) is 9.68. The van der Waals surface area contributed by atoms with Crippen molar-refractivity contribution in [1.82, 2.24) is 4.90 Å². The maximum absolute atomic E-state index is 11.4. The summed E-state index contributed by atoms with van der Waals surface area (Å²) in [5.74, 6) is 0.141. The topological polar surface area (TPSA) is 49.8 Å². The first kappa shape index (κ1) is 10.5. The van der Waals surface area contributed by atoms with Crippen molar-refractivity contribution in [2.24, 2.45) is 0 Å². The smallest absolute Gasteiger partial charge is 0.222 e. The van der Waals surface area contributed by atoms with Crippen LogP contribution in [-0.4, -0.2) is 48.8 Å². The Kier molecular flexibility index (Phi) is 4.18. The van der Waals surface area contributed by atoms with E-state index >= 15 is 0 Å². The average molecular weight is 187 g/mol. The average Bonchev–Trinajstić information content (AvgIpc) is 2.16. The highest BCUT2D eigenvalue weighted by Gasteiger charge is 2.25. The number of rotatable bonds is 4. The fraction of sp³-hybridized carbons (Fsp3) is 0.889. The second-order valence-electron chi connectivity index (χ2n) is 3.34. The van der Waals surface area contributed by atoms with E-state index in [1.807, 2.05) is 0 Å². The first-order valence-corrected chi connectivity index (χ1v) is 4.69. The van der Waals surface area contributed by atoms with Crippen LogP contribution in [-0.2, 0) is 9.53 Å². The molecule has 76 valence electrons. The third kappa shape index (κ3) is 2.67. The van der Waals surface area contributed by atoms with Gasteiger partial charge in [-0.25, -0.2) is 0 Å². The van der Waals surface area contributed by atoms with Gasteiger partial charge in [0, 0.05) is 20.1 Å². The van der Waals surface area contributed by atoms with Gasteiger partial charge in [0.15, 0.2) is 0 Å². The molecule has 0 aliphatic carbocycles. The zero-order valence-corrected chi connectivity index (χ0v) is 8.03. The molecule has 1 saturated heterocycles. The van der Waals surface area contributed by atoms with Gasteiger partial charge < -0.3 is 14.7 Å². The van der Waals surface area contributed by atoms with Crippen LogP contribution in [0.25, 0.3) is 0 Å². The molecule has 0 aromatic carbocycles. The number of carbonyl (C=O) groups is 1. The molecule has 1 aliphatic heterocycles. The molecule has 1 atom stereocenters. The van der Waals surface area contributed by atoms with Gasteiger partial charge in [-0.2, -0.15) is 0 Å². The molecule has 4 heteroatoms. The quantitative estimate of drug-likeness (QED) is 0.674. The van der Waals surface area contributed by atoms with Crippen molar-refractivity contribution in [3.63, 3.8) is 0 Å². The minimum absolute atomic E-state index is 0.0143. The van der Waals surface area contributed by atoms with Gasteiger partial charge >= 0.3 is 0 Å². The largest absolute Gasteiger partial charge is 0.394 e. The van der Waals surface area contributed by atoms with Crippen LogP contribution in [0.5, 0.6) is 0 Å². The maximum atomic E-state index is 11.4. The molecule has 0 bridgehead atoms. The highest BCUT2D eigenvalue weighted by Crippen LogP contribution is 2.13. The van der Waals surface area contributed by atoms with Crippen molar-refractivity contribution in [2.45, 2.75) is 25.3 Å². The van der Waals surface area contributed by atoms with Gasteiger partial charge in [-0.1, -0.05) is 0 Å². The number of nitrogens with zero attached hydrogens (tertiary/aromatic N) is 1. The second kappa shape index (κ2) is 5.19. The van der Waals surface area contributed by atoms with E-state index in [0.29, 0.717) is 13.0 Å². The monoisotopic (exact) mass is 187 g/mol. The lowest BCUT2D eigenvalue weighted by molar-refractivity contribution is -0.138. The number of hydrogen-bond acceptors (Lipinski definition) is 3. The molecule has 4 nitrogen and oxygen atoms in total. The maximum Gasteiger partial charge on any atom is 0.222 e. The van der Waals surface area contributed by atoms with Gasteiger partial charge in [0.05, 0.1) is 19.3 Å². The Morgan fingerprint density at radius 2 is 2.38 bits per heavy atom. The van der Waals surface area contributed by atoms with Gasteiger partial charge in [-0.05, 0) is 12.8 Å². The van der Waals surface area contributed by atoms with Crippen molar-refractivity contribution < 1.29 is 14.6 Å². The molecular weight excluding hydrogens is 170 g/mol. The van der Waals surface area contributed by atoms with Crippen LogP contribution in [0.15, 0.2) is 0 Å². The number of piperidine rings is 1. The lowest BCUT2D eigenvalue weighted by Gasteiger charge is -2.33. The first-order chi connectivity index (χ1) is 6.29. The lowest BCUT2D eigenvalue weighted by Crippen LogP contribution is -2.47. The number of carbonyl (C=O) groups excluding carboxylic acids is 1. The SMILES string of the molecule is COCC(CO)N1CCCCC1=O. The lowest BCUT2D eigenvalue weighted by atomic mass is 10.1. The summed E-state index contributed by atoms with van der Waals surface area (Å²) in [5, 5.41) is 9.05. The number of aliphatic hydroxyl groups is 1. The van der Waals surface area contributed by atoms with Crippen molar-refractivity contribution >= 4 is 5.91 Å². The van der Waals surface area contributed by atoms with E-state index in [-0.39, 0.29) is 18.6 Å². The molecule has 0 radical (unpaired) electrons. The third-order valence-electron chi connectivity index (χ3n) is 2.37. The Labute approximate surface area is 78.5 Å². The number of hydrogen-bond donors (Lipinski definition) is 1. The van der Waals surface area contributed by atoms with E-state index in [0.717, 1.165) is 19.4 Å². The Morgan fingerprint density at radius 3 is 2.92 bits per heavy atom. The van der Waals surface area contributed by atoms with Gasteiger partial charge in [-0.3, -0.25) is 4.79 Å². The van der Waals surface area contributed by atoms with Gasteiger partial charge in [0.2, 0.25) is 5.91 Å². The Hall–Kier alpha value is -0.610. The zero-order valence-electron chi connectivity index (χ0n) is 8.03. The Bertz CT molecular complexity index is 172. The summed E-state index contributed by atoms with van der Waals surface area (Å²) in [6, 6.07) is -0.155. The molecule has 1 heterocycles. The van der Waals surface area contributed by atoms with E-state index < -0.39 is 0 Å². The number of likely N-dealkylation sites (tertiary alicyclic amines) is 1. The minimum atomic E-state index is -0.155. The highest BCUT2D eigenvalue weighted by molar-refractivity contribution is 5.77. The van der Waals surface area contributed by atoms with E-state index in [4.69, 9.17) is 9.84 Å². The second-order valence-corrected chi connectivity index (χ2v) is 3.34. The molecule has 13 heavy (non-hydrogen) atoms. The number of amides is 1.